The van der Waals surface area contributed by atoms with Crippen LogP contribution in [0.1, 0.15) is 77.6 Å². The van der Waals surface area contributed by atoms with Crippen molar-refractivity contribution in [2.24, 2.45) is 11.8 Å². The van der Waals surface area contributed by atoms with Crippen LogP contribution in [0.4, 0.5) is 17.6 Å². The Kier molecular flexibility index (Phi) is 9.39. The van der Waals surface area contributed by atoms with Crippen molar-refractivity contribution < 1.29 is 27.0 Å². The fourth-order valence-corrected chi connectivity index (χ4v) is 3.89. The van der Waals surface area contributed by atoms with Gasteiger partial charge in [0.25, 0.3) is 0 Å². The zero-order valence-corrected chi connectivity index (χ0v) is 16.7. The number of hydrogen-bond donors (Lipinski definition) is 0. The minimum Gasteiger partial charge on any atom is -0.493 e. The highest BCUT2D eigenvalue weighted by molar-refractivity contribution is 5.33. The van der Waals surface area contributed by atoms with Gasteiger partial charge in [-0.05, 0) is 36.8 Å². The number of rotatable bonds is 11. The van der Waals surface area contributed by atoms with E-state index in [1.807, 2.05) is 0 Å². The smallest absolute Gasteiger partial charge is 0.493 e. The Hall–Kier alpha value is -1.46. The van der Waals surface area contributed by atoms with E-state index in [9.17, 15) is 17.6 Å². The first-order valence-electron chi connectivity index (χ1n) is 10.6. The average molecular weight is 404 g/mol. The second-order valence-corrected chi connectivity index (χ2v) is 7.89. The monoisotopic (exact) mass is 404 g/mol. The van der Waals surface area contributed by atoms with E-state index < -0.39 is 17.9 Å². The van der Waals surface area contributed by atoms with Gasteiger partial charge in [0.05, 0.1) is 6.61 Å². The molecule has 1 aliphatic carbocycles. The first-order chi connectivity index (χ1) is 13.4. The molecule has 6 heteroatoms. The fraction of sp³-hybridized carbons (Fsp3) is 0.727. The Bertz CT molecular complexity index is 566. The van der Waals surface area contributed by atoms with Gasteiger partial charge in [0, 0.05) is 6.07 Å². The van der Waals surface area contributed by atoms with Crippen molar-refractivity contribution in [3.8, 4) is 11.5 Å². The van der Waals surface area contributed by atoms with Crippen molar-refractivity contribution in [2.75, 3.05) is 6.61 Å². The fourth-order valence-electron chi connectivity index (χ4n) is 3.89. The van der Waals surface area contributed by atoms with Crippen molar-refractivity contribution in [3.05, 3.63) is 24.0 Å². The molecule has 0 radical (unpaired) electrons. The molecule has 1 aliphatic rings. The molecular formula is C22H32F4O2. The molecule has 1 aromatic carbocycles. The summed E-state index contributed by atoms with van der Waals surface area (Å²) >= 11 is 0. The van der Waals surface area contributed by atoms with E-state index in [2.05, 4.69) is 11.7 Å². The third-order valence-electron chi connectivity index (χ3n) is 5.55. The summed E-state index contributed by atoms with van der Waals surface area (Å²) in [5, 5.41) is 0. The third-order valence-corrected chi connectivity index (χ3v) is 5.55. The summed E-state index contributed by atoms with van der Waals surface area (Å²) in [4.78, 5) is 0. The molecule has 0 heterocycles. The Morgan fingerprint density at radius 2 is 1.57 bits per heavy atom. The molecule has 2 rings (SSSR count). The molecular weight excluding hydrogens is 372 g/mol. The van der Waals surface area contributed by atoms with E-state index in [0.29, 0.717) is 12.5 Å². The maximum Gasteiger partial charge on any atom is 0.573 e. The van der Waals surface area contributed by atoms with Gasteiger partial charge < -0.3 is 9.47 Å². The largest absolute Gasteiger partial charge is 0.573 e. The molecule has 0 N–H and O–H groups in total. The second-order valence-electron chi connectivity index (χ2n) is 7.89. The van der Waals surface area contributed by atoms with Gasteiger partial charge in [0.1, 0.15) is 5.75 Å². The number of halogens is 4. The van der Waals surface area contributed by atoms with Crippen molar-refractivity contribution in [3.63, 3.8) is 0 Å². The van der Waals surface area contributed by atoms with Gasteiger partial charge in [-0.3, -0.25) is 0 Å². The maximum absolute atomic E-state index is 13.7. The van der Waals surface area contributed by atoms with Crippen LogP contribution in [0.25, 0.3) is 0 Å². The van der Waals surface area contributed by atoms with Crippen molar-refractivity contribution >= 4 is 0 Å². The standard InChI is InChI=1S/C22H32F4O2/c1-2-3-4-5-6-7-8-17-9-11-18(12-10-17)16-27-19-13-14-21(20(23)15-19)28-22(24,25)26/h13-15,17-18H,2-12,16H2,1H3. The molecule has 0 aliphatic heterocycles. The van der Waals surface area contributed by atoms with E-state index in [0.717, 1.165) is 30.9 Å². The Morgan fingerprint density at radius 1 is 0.929 bits per heavy atom. The number of hydrogen-bond acceptors (Lipinski definition) is 2. The SMILES string of the molecule is CCCCCCCCC1CCC(COc2ccc(OC(F)(F)F)c(F)c2)CC1. The van der Waals surface area contributed by atoms with Crippen molar-refractivity contribution in [1.29, 1.82) is 0 Å². The van der Waals surface area contributed by atoms with Crippen molar-refractivity contribution in [2.45, 2.75) is 83.9 Å². The highest BCUT2D eigenvalue weighted by Crippen LogP contribution is 2.33. The van der Waals surface area contributed by atoms with E-state index in [1.165, 1.54) is 63.9 Å². The van der Waals surface area contributed by atoms with E-state index in [-0.39, 0.29) is 5.75 Å². The summed E-state index contributed by atoms with van der Waals surface area (Å²) in [5.41, 5.74) is 0. The predicted molar refractivity (Wildman–Crippen MR) is 102 cm³/mol. The van der Waals surface area contributed by atoms with E-state index in [1.54, 1.807) is 0 Å². The Labute approximate surface area is 165 Å². The van der Waals surface area contributed by atoms with E-state index >= 15 is 0 Å². The second kappa shape index (κ2) is 11.5. The third kappa shape index (κ3) is 8.70. The van der Waals surface area contributed by atoms with Crippen LogP contribution in [-0.4, -0.2) is 13.0 Å². The molecule has 1 aromatic rings. The molecule has 0 aromatic heterocycles. The summed E-state index contributed by atoms with van der Waals surface area (Å²) in [5.74, 6) is -0.442. The lowest BCUT2D eigenvalue weighted by molar-refractivity contribution is -0.275. The van der Waals surface area contributed by atoms with Crippen LogP contribution in [0.15, 0.2) is 18.2 Å². The predicted octanol–water partition coefficient (Wildman–Crippen LogP) is 7.66. The zero-order chi connectivity index (χ0) is 20.4. The van der Waals surface area contributed by atoms with Crippen molar-refractivity contribution in [1.82, 2.24) is 0 Å². The Morgan fingerprint density at radius 3 is 2.21 bits per heavy atom. The number of ether oxygens (including phenoxy) is 2. The van der Waals surface area contributed by atoms with Crippen LogP contribution in [0.2, 0.25) is 0 Å². The minimum absolute atomic E-state index is 0.237. The summed E-state index contributed by atoms with van der Waals surface area (Å²) in [6.45, 7) is 2.71. The highest BCUT2D eigenvalue weighted by Gasteiger charge is 2.32. The van der Waals surface area contributed by atoms with Gasteiger partial charge in [0.15, 0.2) is 11.6 Å². The molecule has 0 spiro atoms. The summed E-state index contributed by atoms with van der Waals surface area (Å²) < 4.78 is 59.5. The summed E-state index contributed by atoms with van der Waals surface area (Å²) in [7, 11) is 0. The van der Waals surface area contributed by atoms with Crippen LogP contribution in [0.3, 0.4) is 0 Å². The maximum atomic E-state index is 13.7. The van der Waals surface area contributed by atoms with Crippen LogP contribution in [0, 0.1) is 17.7 Å². The summed E-state index contributed by atoms with van der Waals surface area (Å²) in [6, 6.07) is 3.22. The normalized spacial score (nSPS) is 20.2. The Balaban J connectivity index is 1.64. The topological polar surface area (TPSA) is 18.5 Å². The number of unbranched alkanes of at least 4 members (excludes halogenated alkanes) is 5. The quantitative estimate of drug-likeness (QED) is 0.278. The molecule has 0 atom stereocenters. The van der Waals surface area contributed by atoms with E-state index in [4.69, 9.17) is 4.74 Å². The minimum atomic E-state index is -4.91. The molecule has 0 saturated heterocycles. The van der Waals surface area contributed by atoms with Gasteiger partial charge in [-0.2, -0.15) is 0 Å². The molecule has 2 nitrogen and oxygen atoms in total. The highest BCUT2D eigenvalue weighted by atomic mass is 19.4. The molecule has 1 saturated carbocycles. The van der Waals surface area contributed by atoms with Crippen LogP contribution in [0.5, 0.6) is 11.5 Å². The van der Waals surface area contributed by atoms with Gasteiger partial charge in [-0.25, -0.2) is 4.39 Å². The number of alkyl halides is 3. The first-order valence-corrected chi connectivity index (χ1v) is 10.6. The molecule has 1 fully saturated rings. The molecule has 0 amide bonds. The van der Waals surface area contributed by atoms with Crippen LogP contribution < -0.4 is 9.47 Å². The molecule has 28 heavy (non-hydrogen) atoms. The van der Waals surface area contributed by atoms with Gasteiger partial charge in [-0.15, -0.1) is 13.2 Å². The van der Waals surface area contributed by atoms with Crippen LogP contribution in [-0.2, 0) is 0 Å². The zero-order valence-electron chi connectivity index (χ0n) is 16.7. The number of benzene rings is 1. The lowest BCUT2D eigenvalue weighted by atomic mass is 9.80. The summed E-state index contributed by atoms with van der Waals surface area (Å²) in [6.07, 6.45) is 8.98. The molecule has 0 bridgehead atoms. The van der Waals surface area contributed by atoms with Gasteiger partial charge in [0.2, 0.25) is 0 Å². The average Bonchev–Trinajstić information content (AvgIpc) is 2.65. The lowest BCUT2D eigenvalue weighted by Gasteiger charge is -2.28. The van der Waals surface area contributed by atoms with Gasteiger partial charge >= 0.3 is 6.36 Å². The van der Waals surface area contributed by atoms with Crippen LogP contribution >= 0.6 is 0 Å². The first kappa shape index (κ1) is 22.8. The lowest BCUT2D eigenvalue weighted by Crippen LogP contribution is -2.20. The molecule has 0 unspecified atom stereocenters. The molecule has 160 valence electrons. The van der Waals surface area contributed by atoms with Gasteiger partial charge in [-0.1, -0.05) is 64.7 Å².